The number of para-hydroxylation sites is 2. The first kappa shape index (κ1) is 23.9. The molecule has 0 aliphatic heterocycles. The highest BCUT2D eigenvalue weighted by molar-refractivity contribution is 7.25. The van der Waals surface area contributed by atoms with Crippen molar-refractivity contribution in [2.75, 3.05) is 4.90 Å². The van der Waals surface area contributed by atoms with Gasteiger partial charge in [-0.3, -0.25) is 0 Å². The summed E-state index contributed by atoms with van der Waals surface area (Å²) in [5, 5.41) is 9.46. The molecule has 10 aromatic rings. The highest BCUT2D eigenvalue weighted by atomic mass is 32.1. The van der Waals surface area contributed by atoms with Crippen molar-refractivity contribution in [3.05, 3.63) is 140 Å². The lowest BCUT2D eigenvalue weighted by Crippen LogP contribution is -2.09. The van der Waals surface area contributed by atoms with Crippen LogP contribution in [0.2, 0.25) is 0 Å². The number of rotatable bonds is 3. The van der Waals surface area contributed by atoms with Gasteiger partial charge in [0, 0.05) is 64.8 Å². The van der Waals surface area contributed by atoms with E-state index in [1.807, 2.05) is 35.6 Å². The molecule has 0 radical (unpaired) electrons. The van der Waals surface area contributed by atoms with Crippen LogP contribution >= 0.6 is 11.3 Å². The molecular formula is C40H23NO2S. The van der Waals surface area contributed by atoms with Crippen molar-refractivity contribution < 1.29 is 8.83 Å². The third kappa shape index (κ3) is 3.43. The van der Waals surface area contributed by atoms with E-state index in [0.717, 1.165) is 60.9 Å². The van der Waals surface area contributed by atoms with Gasteiger partial charge in [-0.2, -0.15) is 0 Å². The van der Waals surface area contributed by atoms with Crippen molar-refractivity contribution in [2.24, 2.45) is 0 Å². The first-order chi connectivity index (χ1) is 21.8. The molecule has 7 aromatic carbocycles. The minimum atomic E-state index is 0.878. The molecule has 0 fully saturated rings. The Hall–Kier alpha value is -5.58. The highest BCUT2D eigenvalue weighted by Crippen LogP contribution is 2.43. The standard InChI is InChI=1S/C40H23NO2S/c1-4-10-34-29(7-1)30-18-15-27(23-37(30)43-34)41(26-16-20-39-33(22-26)31-8-3-6-12-38(31)44-39)25-14-17-28-24(21-25)13-19-36-40(28)32-9-2-5-11-35(32)42-36/h1-23H. The first-order valence-electron chi connectivity index (χ1n) is 14.8. The van der Waals surface area contributed by atoms with Crippen LogP contribution in [-0.2, 0) is 0 Å². The first-order valence-corrected chi connectivity index (χ1v) is 15.6. The molecule has 0 atom stereocenters. The summed E-state index contributed by atoms with van der Waals surface area (Å²) in [7, 11) is 0. The molecule has 0 unspecified atom stereocenters. The number of fused-ring (bicyclic) bond motifs is 11. The zero-order valence-corrected chi connectivity index (χ0v) is 24.3. The normalized spacial score (nSPS) is 12.1. The molecule has 0 saturated heterocycles. The van der Waals surface area contributed by atoms with Gasteiger partial charge >= 0.3 is 0 Å². The van der Waals surface area contributed by atoms with Gasteiger partial charge in [0.2, 0.25) is 0 Å². The Kier molecular flexibility index (Phi) is 4.87. The minimum absolute atomic E-state index is 0.878. The van der Waals surface area contributed by atoms with Gasteiger partial charge < -0.3 is 13.7 Å². The smallest absolute Gasteiger partial charge is 0.137 e. The lowest BCUT2D eigenvalue weighted by Gasteiger charge is -2.26. The van der Waals surface area contributed by atoms with Crippen molar-refractivity contribution in [1.82, 2.24) is 0 Å². The van der Waals surface area contributed by atoms with Crippen LogP contribution in [-0.4, -0.2) is 0 Å². The molecular weight excluding hydrogens is 559 g/mol. The zero-order valence-electron chi connectivity index (χ0n) is 23.5. The molecule has 3 nitrogen and oxygen atoms in total. The van der Waals surface area contributed by atoms with Gasteiger partial charge in [-0.25, -0.2) is 0 Å². The highest BCUT2D eigenvalue weighted by Gasteiger charge is 2.18. The number of furan rings is 2. The van der Waals surface area contributed by atoms with E-state index in [1.165, 1.54) is 30.9 Å². The Balaban J connectivity index is 1.22. The average Bonchev–Trinajstić information content (AvgIpc) is 3.75. The van der Waals surface area contributed by atoms with Crippen molar-refractivity contribution in [3.63, 3.8) is 0 Å². The quantitative estimate of drug-likeness (QED) is 0.208. The Morgan fingerprint density at radius 1 is 0.386 bits per heavy atom. The van der Waals surface area contributed by atoms with E-state index in [4.69, 9.17) is 8.83 Å². The van der Waals surface area contributed by atoms with E-state index in [9.17, 15) is 0 Å². The second-order valence-corrected chi connectivity index (χ2v) is 12.4. The topological polar surface area (TPSA) is 29.5 Å². The largest absolute Gasteiger partial charge is 0.456 e. The maximum atomic E-state index is 6.35. The molecule has 10 rings (SSSR count). The van der Waals surface area contributed by atoms with Crippen molar-refractivity contribution in [3.8, 4) is 0 Å². The predicted molar refractivity (Wildman–Crippen MR) is 186 cm³/mol. The zero-order chi connectivity index (χ0) is 28.8. The Bertz CT molecular complexity index is 2750. The number of benzene rings is 7. The van der Waals surface area contributed by atoms with Gasteiger partial charge in [0.25, 0.3) is 0 Å². The van der Waals surface area contributed by atoms with Crippen LogP contribution in [0.5, 0.6) is 0 Å². The lowest BCUT2D eigenvalue weighted by molar-refractivity contribution is 0.668. The summed E-state index contributed by atoms with van der Waals surface area (Å²) in [6.45, 7) is 0. The van der Waals surface area contributed by atoms with Gasteiger partial charge in [0.15, 0.2) is 0 Å². The molecule has 44 heavy (non-hydrogen) atoms. The summed E-state index contributed by atoms with van der Waals surface area (Å²) in [5.74, 6) is 0. The fraction of sp³-hybridized carbons (Fsp3) is 0. The van der Waals surface area contributed by atoms with E-state index in [-0.39, 0.29) is 0 Å². The van der Waals surface area contributed by atoms with Gasteiger partial charge in [0.05, 0.1) is 0 Å². The summed E-state index contributed by atoms with van der Waals surface area (Å²) in [6, 6.07) is 49.6. The molecule has 0 spiro atoms. The predicted octanol–water partition coefficient (Wildman–Crippen LogP) is 12.5. The van der Waals surface area contributed by atoms with E-state index in [2.05, 4.69) is 120 Å². The second-order valence-electron chi connectivity index (χ2n) is 11.3. The molecule has 4 heteroatoms. The fourth-order valence-electron chi connectivity index (χ4n) is 6.83. The molecule has 0 saturated carbocycles. The summed E-state index contributed by atoms with van der Waals surface area (Å²) in [5.41, 5.74) is 6.83. The van der Waals surface area contributed by atoms with Crippen LogP contribution in [0.25, 0.3) is 74.8 Å². The molecule has 0 amide bonds. The van der Waals surface area contributed by atoms with Crippen LogP contribution in [0.1, 0.15) is 0 Å². The molecule has 3 aromatic heterocycles. The lowest BCUT2D eigenvalue weighted by atomic mass is 10.0. The van der Waals surface area contributed by atoms with Crippen LogP contribution in [0, 0.1) is 0 Å². The molecule has 0 N–H and O–H groups in total. The van der Waals surface area contributed by atoms with Gasteiger partial charge in [0.1, 0.15) is 22.3 Å². The third-order valence-electron chi connectivity index (χ3n) is 8.84. The van der Waals surface area contributed by atoms with E-state index < -0.39 is 0 Å². The van der Waals surface area contributed by atoms with Crippen LogP contribution < -0.4 is 4.90 Å². The molecule has 3 heterocycles. The number of hydrogen-bond donors (Lipinski definition) is 0. The van der Waals surface area contributed by atoms with Crippen molar-refractivity contribution in [1.29, 1.82) is 0 Å². The monoisotopic (exact) mass is 581 g/mol. The van der Waals surface area contributed by atoms with Gasteiger partial charge in [-0.15, -0.1) is 11.3 Å². The molecule has 0 bridgehead atoms. The molecule has 0 aliphatic rings. The Morgan fingerprint density at radius 3 is 1.89 bits per heavy atom. The summed E-state index contributed by atoms with van der Waals surface area (Å²) >= 11 is 1.84. The summed E-state index contributed by atoms with van der Waals surface area (Å²) < 4.78 is 15.1. The SMILES string of the molecule is c1ccc2c(c1)oc1cc(N(c3ccc4c(ccc5oc6ccccc6c54)c3)c3ccc4sc5ccccc5c4c3)ccc12. The van der Waals surface area contributed by atoms with Crippen molar-refractivity contribution >= 4 is 103 Å². The van der Waals surface area contributed by atoms with E-state index >= 15 is 0 Å². The molecule has 206 valence electrons. The fourth-order valence-corrected chi connectivity index (χ4v) is 7.92. The average molecular weight is 582 g/mol. The number of anilines is 3. The molecule has 0 aliphatic carbocycles. The summed E-state index contributed by atoms with van der Waals surface area (Å²) in [6.07, 6.45) is 0. The maximum Gasteiger partial charge on any atom is 0.137 e. The van der Waals surface area contributed by atoms with Crippen LogP contribution in [0.15, 0.2) is 148 Å². The third-order valence-corrected chi connectivity index (χ3v) is 9.99. The van der Waals surface area contributed by atoms with Crippen molar-refractivity contribution in [2.45, 2.75) is 0 Å². The number of hydrogen-bond acceptors (Lipinski definition) is 4. The number of nitrogens with zero attached hydrogens (tertiary/aromatic N) is 1. The minimum Gasteiger partial charge on any atom is -0.456 e. The Labute approximate surface area is 255 Å². The van der Waals surface area contributed by atoms with Gasteiger partial charge in [-0.05, 0) is 77.5 Å². The van der Waals surface area contributed by atoms with Gasteiger partial charge in [-0.1, -0.05) is 66.7 Å². The van der Waals surface area contributed by atoms with Crippen LogP contribution in [0.4, 0.5) is 17.1 Å². The van der Waals surface area contributed by atoms with E-state index in [1.54, 1.807) is 0 Å². The maximum absolute atomic E-state index is 6.35. The Morgan fingerprint density at radius 2 is 1.00 bits per heavy atom. The second kappa shape index (κ2) is 8.96. The van der Waals surface area contributed by atoms with Crippen LogP contribution in [0.3, 0.4) is 0 Å². The number of thiophene rings is 1. The van der Waals surface area contributed by atoms with E-state index in [0.29, 0.717) is 0 Å². The summed E-state index contributed by atoms with van der Waals surface area (Å²) in [4.78, 5) is 2.34.